The average molecular weight is 321 g/mol. The van der Waals surface area contributed by atoms with Crippen LogP contribution in [-0.4, -0.2) is 22.0 Å². The molecule has 6 heteroatoms. The highest BCUT2D eigenvalue weighted by Gasteiger charge is 2.15. The molecule has 3 rings (SSSR count). The maximum atomic E-state index is 12.4. The van der Waals surface area contributed by atoms with Gasteiger partial charge in [-0.25, -0.2) is 4.98 Å². The Hall–Kier alpha value is -2.01. The summed E-state index contributed by atoms with van der Waals surface area (Å²) in [7, 11) is 0. The predicted molar refractivity (Wildman–Crippen MR) is 90.9 cm³/mol. The van der Waals surface area contributed by atoms with Gasteiger partial charge in [-0.05, 0) is 36.1 Å². The van der Waals surface area contributed by atoms with Crippen LogP contribution in [0.4, 0.5) is 11.6 Å². The second-order valence-electron chi connectivity index (χ2n) is 5.80. The van der Waals surface area contributed by atoms with Gasteiger partial charge in [-0.3, -0.25) is 10.1 Å². The van der Waals surface area contributed by atoms with Crippen molar-refractivity contribution in [1.82, 2.24) is 9.55 Å². The summed E-state index contributed by atoms with van der Waals surface area (Å²) in [4.78, 5) is 16.6. The van der Waals surface area contributed by atoms with Gasteiger partial charge in [0.05, 0.1) is 0 Å². The van der Waals surface area contributed by atoms with Crippen LogP contribution in [-0.2, 0) is 13.0 Å². The summed E-state index contributed by atoms with van der Waals surface area (Å²) in [6, 6.07) is 5.78. The monoisotopic (exact) mass is 320 g/mol. The largest absolute Gasteiger partial charge is 0.384 e. The van der Waals surface area contributed by atoms with Gasteiger partial charge in [-0.1, -0.05) is 13.8 Å². The first-order valence-corrected chi connectivity index (χ1v) is 7.33. The standard InChI is InChI=1S/C16H20N4O.ClH/c1-11(2)10-20-8-7-18-16(20)19-15(21)13-3-4-14-12(9-13)5-6-17-14;/h3-4,7-9,11,17H,5-6,10H2,1-2H3,(H,18,19,21);1H. The predicted octanol–water partition coefficient (Wildman–Crippen LogP) is 3.18. The molecule has 0 radical (unpaired) electrons. The molecule has 2 N–H and O–H groups in total. The van der Waals surface area contributed by atoms with Gasteiger partial charge < -0.3 is 9.88 Å². The highest BCUT2D eigenvalue weighted by Crippen LogP contribution is 2.23. The van der Waals surface area contributed by atoms with E-state index in [4.69, 9.17) is 0 Å². The van der Waals surface area contributed by atoms with Crippen LogP contribution in [0, 0.1) is 5.92 Å². The molecule has 1 amide bonds. The number of benzene rings is 1. The van der Waals surface area contributed by atoms with E-state index in [1.54, 1.807) is 6.20 Å². The normalized spacial score (nSPS) is 12.5. The van der Waals surface area contributed by atoms with Crippen molar-refractivity contribution in [1.29, 1.82) is 0 Å². The van der Waals surface area contributed by atoms with E-state index in [1.165, 1.54) is 5.56 Å². The molecule has 2 aromatic rings. The maximum Gasteiger partial charge on any atom is 0.257 e. The molecule has 0 aliphatic carbocycles. The second-order valence-corrected chi connectivity index (χ2v) is 5.80. The van der Waals surface area contributed by atoms with Crippen molar-refractivity contribution in [3.05, 3.63) is 41.7 Å². The van der Waals surface area contributed by atoms with Crippen molar-refractivity contribution < 1.29 is 4.79 Å². The average Bonchev–Trinajstić information content (AvgIpc) is 3.06. The number of hydrogen-bond acceptors (Lipinski definition) is 3. The van der Waals surface area contributed by atoms with Gasteiger partial charge in [-0.2, -0.15) is 0 Å². The number of fused-ring (bicyclic) bond motifs is 1. The Morgan fingerprint density at radius 3 is 3.05 bits per heavy atom. The molecule has 22 heavy (non-hydrogen) atoms. The highest BCUT2D eigenvalue weighted by atomic mass is 35.5. The number of nitrogens with one attached hydrogen (secondary N) is 2. The Labute approximate surface area is 136 Å². The number of anilines is 2. The van der Waals surface area contributed by atoms with Crippen molar-refractivity contribution in [3.8, 4) is 0 Å². The van der Waals surface area contributed by atoms with Crippen LogP contribution in [0.25, 0.3) is 0 Å². The lowest BCUT2D eigenvalue weighted by molar-refractivity contribution is 0.102. The van der Waals surface area contributed by atoms with Crippen molar-refractivity contribution >= 4 is 29.9 Å². The number of aromatic nitrogens is 2. The Morgan fingerprint density at radius 2 is 2.27 bits per heavy atom. The van der Waals surface area contributed by atoms with Crippen molar-refractivity contribution in [2.24, 2.45) is 5.92 Å². The molecule has 0 fully saturated rings. The lowest BCUT2D eigenvalue weighted by Gasteiger charge is -2.11. The van der Waals surface area contributed by atoms with Crippen LogP contribution in [0.3, 0.4) is 0 Å². The summed E-state index contributed by atoms with van der Waals surface area (Å²) in [6.07, 6.45) is 4.57. The van der Waals surface area contributed by atoms with Gasteiger partial charge >= 0.3 is 0 Å². The summed E-state index contributed by atoms with van der Waals surface area (Å²) in [5.41, 5.74) is 3.01. The minimum Gasteiger partial charge on any atom is -0.384 e. The van der Waals surface area contributed by atoms with Gasteiger partial charge in [0, 0.05) is 36.7 Å². The van der Waals surface area contributed by atoms with E-state index < -0.39 is 0 Å². The molecule has 118 valence electrons. The molecule has 1 aliphatic rings. The Kier molecular flexibility index (Phi) is 5.08. The molecule has 0 bridgehead atoms. The summed E-state index contributed by atoms with van der Waals surface area (Å²) >= 11 is 0. The van der Waals surface area contributed by atoms with Crippen molar-refractivity contribution in [2.45, 2.75) is 26.8 Å². The summed E-state index contributed by atoms with van der Waals surface area (Å²) in [5.74, 6) is 0.995. The van der Waals surface area contributed by atoms with Crippen LogP contribution >= 0.6 is 12.4 Å². The number of carbonyl (C=O) groups excluding carboxylic acids is 1. The molecule has 0 saturated carbocycles. The van der Waals surface area contributed by atoms with Gasteiger partial charge in [0.1, 0.15) is 0 Å². The number of hydrogen-bond donors (Lipinski definition) is 2. The van der Waals surface area contributed by atoms with E-state index in [0.717, 1.165) is 25.2 Å². The SMILES string of the molecule is CC(C)Cn1ccnc1NC(=O)c1ccc2c(c1)CCN2.Cl. The quantitative estimate of drug-likeness (QED) is 0.909. The highest BCUT2D eigenvalue weighted by molar-refractivity contribution is 6.03. The maximum absolute atomic E-state index is 12.4. The summed E-state index contributed by atoms with van der Waals surface area (Å²) < 4.78 is 1.97. The van der Waals surface area contributed by atoms with Crippen LogP contribution in [0.2, 0.25) is 0 Å². The zero-order valence-corrected chi connectivity index (χ0v) is 13.6. The minimum absolute atomic E-state index is 0. The van der Waals surface area contributed by atoms with Crippen molar-refractivity contribution in [2.75, 3.05) is 17.2 Å². The third-order valence-electron chi connectivity index (χ3n) is 3.58. The molecule has 5 nitrogen and oxygen atoms in total. The lowest BCUT2D eigenvalue weighted by atomic mass is 10.1. The van der Waals surface area contributed by atoms with Crippen LogP contribution < -0.4 is 10.6 Å². The smallest absolute Gasteiger partial charge is 0.257 e. The zero-order chi connectivity index (χ0) is 14.8. The van der Waals surface area contributed by atoms with Crippen LogP contribution in [0.15, 0.2) is 30.6 Å². The number of rotatable bonds is 4. The van der Waals surface area contributed by atoms with Crippen molar-refractivity contribution in [3.63, 3.8) is 0 Å². The van der Waals surface area contributed by atoms with E-state index >= 15 is 0 Å². The third kappa shape index (κ3) is 3.42. The first-order valence-electron chi connectivity index (χ1n) is 7.33. The minimum atomic E-state index is -0.110. The first kappa shape index (κ1) is 16.4. The Morgan fingerprint density at radius 1 is 1.45 bits per heavy atom. The fourth-order valence-corrected chi connectivity index (χ4v) is 2.59. The molecule has 1 aromatic carbocycles. The summed E-state index contributed by atoms with van der Waals surface area (Å²) in [5, 5.41) is 6.19. The molecular formula is C16H21ClN4O. The molecule has 0 atom stereocenters. The first-order chi connectivity index (χ1) is 10.1. The lowest BCUT2D eigenvalue weighted by Crippen LogP contribution is -2.17. The number of carbonyl (C=O) groups is 1. The molecule has 0 unspecified atom stereocenters. The number of amides is 1. The fourth-order valence-electron chi connectivity index (χ4n) is 2.59. The number of imidazole rings is 1. The topological polar surface area (TPSA) is 59.0 Å². The molecule has 0 spiro atoms. The Bertz CT molecular complexity index is 666. The third-order valence-corrected chi connectivity index (χ3v) is 3.58. The van der Waals surface area contributed by atoms with Gasteiger partial charge in [-0.15, -0.1) is 12.4 Å². The van der Waals surface area contributed by atoms with E-state index in [2.05, 4.69) is 29.5 Å². The van der Waals surface area contributed by atoms with E-state index in [-0.39, 0.29) is 18.3 Å². The molecule has 0 saturated heterocycles. The van der Waals surface area contributed by atoms with Crippen LogP contribution in [0.1, 0.15) is 29.8 Å². The number of halogens is 1. The van der Waals surface area contributed by atoms with Gasteiger partial charge in [0.15, 0.2) is 0 Å². The molecule has 1 aliphatic heterocycles. The molecule has 1 aromatic heterocycles. The van der Waals surface area contributed by atoms with Crippen LogP contribution in [0.5, 0.6) is 0 Å². The zero-order valence-electron chi connectivity index (χ0n) is 12.8. The van der Waals surface area contributed by atoms with E-state index in [1.807, 2.05) is 29.0 Å². The number of nitrogens with zero attached hydrogens (tertiary/aromatic N) is 2. The van der Waals surface area contributed by atoms with E-state index in [9.17, 15) is 4.79 Å². The molecule has 2 heterocycles. The second kappa shape index (κ2) is 6.83. The summed E-state index contributed by atoms with van der Waals surface area (Å²) in [6.45, 7) is 6.06. The Balaban J connectivity index is 0.00000176. The molecular weight excluding hydrogens is 300 g/mol. The fraction of sp³-hybridized carbons (Fsp3) is 0.375. The van der Waals surface area contributed by atoms with Gasteiger partial charge in [0.2, 0.25) is 5.95 Å². The van der Waals surface area contributed by atoms with Gasteiger partial charge in [0.25, 0.3) is 5.91 Å². The van der Waals surface area contributed by atoms with E-state index in [0.29, 0.717) is 17.4 Å².